The van der Waals surface area contributed by atoms with E-state index in [9.17, 15) is 9.59 Å². The highest BCUT2D eigenvalue weighted by Crippen LogP contribution is 2.29. The van der Waals surface area contributed by atoms with Gasteiger partial charge in [0.2, 0.25) is 0 Å². The fourth-order valence-corrected chi connectivity index (χ4v) is 2.84. The van der Waals surface area contributed by atoms with E-state index in [-0.39, 0.29) is 11.2 Å². The molecule has 7 heteroatoms. The zero-order valence-electron chi connectivity index (χ0n) is 10.3. The topological polar surface area (TPSA) is 49.4 Å². The number of anilines is 1. The fraction of sp³-hybridized carbons (Fsp3) is 0.333. The van der Waals surface area contributed by atoms with Crippen molar-refractivity contribution in [2.45, 2.75) is 18.2 Å². The van der Waals surface area contributed by atoms with E-state index in [1.807, 2.05) is 13.2 Å². The normalized spacial score (nSPS) is 20.6. The molecule has 0 bridgehead atoms. The Kier molecular flexibility index (Phi) is 4.28. The summed E-state index contributed by atoms with van der Waals surface area (Å²) >= 11 is 13.3. The average molecular weight is 319 g/mol. The molecule has 0 spiro atoms. The summed E-state index contributed by atoms with van der Waals surface area (Å²) in [6.45, 7) is 1.89. The van der Waals surface area contributed by atoms with E-state index in [4.69, 9.17) is 23.2 Å². The molecular formula is C12H12Cl2N2O2S. The number of hydrogen-bond acceptors (Lipinski definition) is 3. The van der Waals surface area contributed by atoms with Gasteiger partial charge in [-0.2, -0.15) is 11.8 Å². The molecule has 1 aromatic carbocycles. The second-order valence-electron chi connectivity index (χ2n) is 4.17. The zero-order valence-corrected chi connectivity index (χ0v) is 12.6. The maximum atomic E-state index is 12.3. The van der Waals surface area contributed by atoms with Crippen molar-refractivity contribution in [3.8, 4) is 0 Å². The number of carbonyl (C=O) groups excluding carboxylic acids is 2. The minimum absolute atomic E-state index is 0.00361. The van der Waals surface area contributed by atoms with Gasteiger partial charge in [0.25, 0.3) is 5.91 Å². The van der Waals surface area contributed by atoms with Crippen molar-refractivity contribution >= 4 is 52.6 Å². The van der Waals surface area contributed by atoms with Gasteiger partial charge in [-0.05, 0) is 24.5 Å². The molecule has 102 valence electrons. The quantitative estimate of drug-likeness (QED) is 0.871. The van der Waals surface area contributed by atoms with Crippen molar-refractivity contribution in [3.63, 3.8) is 0 Å². The van der Waals surface area contributed by atoms with Gasteiger partial charge in [0.1, 0.15) is 6.04 Å². The lowest BCUT2D eigenvalue weighted by Gasteiger charge is -2.16. The van der Waals surface area contributed by atoms with E-state index in [0.29, 0.717) is 15.7 Å². The number of nitrogens with zero attached hydrogens (tertiary/aromatic N) is 1. The second-order valence-corrected chi connectivity index (χ2v) is 6.26. The molecule has 0 radical (unpaired) electrons. The molecule has 1 heterocycles. The van der Waals surface area contributed by atoms with Gasteiger partial charge in [-0.25, -0.2) is 9.69 Å². The molecule has 1 aliphatic heterocycles. The van der Waals surface area contributed by atoms with Crippen LogP contribution in [0.25, 0.3) is 0 Å². The smallest absolute Gasteiger partial charge is 0.324 e. The van der Waals surface area contributed by atoms with Gasteiger partial charge in [0, 0.05) is 15.3 Å². The molecule has 1 aromatic rings. The first kappa shape index (κ1) is 14.5. The second kappa shape index (κ2) is 5.61. The molecule has 2 unspecified atom stereocenters. The SMILES string of the molecule is CSC(C)C1NC(=O)N(c2cc(Cl)cc(Cl)c2)C1=O. The van der Waals surface area contributed by atoms with Crippen LogP contribution in [-0.4, -0.2) is 29.5 Å². The van der Waals surface area contributed by atoms with E-state index in [2.05, 4.69) is 5.32 Å². The first-order chi connectivity index (χ1) is 8.93. The van der Waals surface area contributed by atoms with Crippen molar-refractivity contribution in [2.24, 2.45) is 0 Å². The Morgan fingerprint density at radius 3 is 2.37 bits per heavy atom. The van der Waals surface area contributed by atoms with Crippen molar-refractivity contribution in [3.05, 3.63) is 28.2 Å². The van der Waals surface area contributed by atoms with Gasteiger partial charge < -0.3 is 5.32 Å². The van der Waals surface area contributed by atoms with Crippen molar-refractivity contribution in [1.29, 1.82) is 0 Å². The molecule has 1 saturated heterocycles. The largest absolute Gasteiger partial charge is 0.329 e. The van der Waals surface area contributed by atoms with Gasteiger partial charge in [0.05, 0.1) is 5.69 Å². The molecule has 1 N–H and O–H groups in total. The Morgan fingerprint density at radius 1 is 1.26 bits per heavy atom. The van der Waals surface area contributed by atoms with Crippen LogP contribution >= 0.6 is 35.0 Å². The number of nitrogens with one attached hydrogen (secondary N) is 1. The lowest BCUT2D eigenvalue weighted by atomic mass is 10.2. The number of rotatable bonds is 3. The number of carbonyl (C=O) groups is 2. The van der Waals surface area contributed by atoms with Crippen LogP contribution in [0.15, 0.2) is 18.2 Å². The Balaban J connectivity index is 2.35. The highest BCUT2D eigenvalue weighted by molar-refractivity contribution is 7.99. The standard InChI is InChI=1S/C12H12Cl2N2O2S/c1-6(19-2)10-11(17)16(12(18)15-10)9-4-7(13)3-8(14)5-9/h3-6,10H,1-2H3,(H,15,18). The molecule has 1 fully saturated rings. The summed E-state index contributed by atoms with van der Waals surface area (Å²) < 4.78 is 0. The fourth-order valence-electron chi connectivity index (χ4n) is 1.87. The van der Waals surface area contributed by atoms with Crippen LogP contribution in [0.2, 0.25) is 10.0 Å². The minimum Gasteiger partial charge on any atom is -0.324 e. The maximum Gasteiger partial charge on any atom is 0.329 e. The Bertz CT molecular complexity index is 518. The van der Waals surface area contributed by atoms with Crippen molar-refractivity contribution in [1.82, 2.24) is 5.32 Å². The minimum atomic E-state index is -0.528. The number of halogens is 2. The number of urea groups is 1. The third-order valence-corrected chi connectivity index (χ3v) is 4.37. The maximum absolute atomic E-state index is 12.3. The first-order valence-electron chi connectivity index (χ1n) is 5.57. The van der Waals surface area contributed by atoms with Crippen LogP contribution < -0.4 is 10.2 Å². The van der Waals surface area contributed by atoms with Gasteiger partial charge in [-0.1, -0.05) is 30.1 Å². The Hall–Kier alpha value is -0.910. The number of hydrogen-bond donors (Lipinski definition) is 1. The van der Waals surface area contributed by atoms with Crippen LogP contribution in [0.4, 0.5) is 10.5 Å². The predicted molar refractivity (Wildman–Crippen MR) is 79.2 cm³/mol. The van der Waals surface area contributed by atoms with E-state index < -0.39 is 12.1 Å². The highest BCUT2D eigenvalue weighted by Gasteiger charge is 2.41. The lowest BCUT2D eigenvalue weighted by Crippen LogP contribution is -2.37. The molecule has 3 amide bonds. The van der Waals surface area contributed by atoms with Crippen LogP contribution in [0.1, 0.15) is 6.92 Å². The summed E-state index contributed by atoms with van der Waals surface area (Å²) in [6.07, 6.45) is 1.89. The summed E-state index contributed by atoms with van der Waals surface area (Å²) in [4.78, 5) is 25.3. The van der Waals surface area contributed by atoms with Crippen molar-refractivity contribution < 1.29 is 9.59 Å². The number of benzene rings is 1. The zero-order chi connectivity index (χ0) is 14.2. The van der Waals surface area contributed by atoms with E-state index >= 15 is 0 Å². The number of imide groups is 1. The Morgan fingerprint density at radius 2 is 1.84 bits per heavy atom. The number of thioether (sulfide) groups is 1. The molecular weight excluding hydrogens is 307 g/mol. The van der Waals surface area contributed by atoms with Gasteiger partial charge in [-0.15, -0.1) is 0 Å². The summed E-state index contributed by atoms with van der Waals surface area (Å²) in [5, 5.41) is 3.43. The monoisotopic (exact) mass is 318 g/mol. The van der Waals surface area contributed by atoms with Crippen LogP contribution in [0, 0.1) is 0 Å². The van der Waals surface area contributed by atoms with E-state index in [0.717, 1.165) is 4.90 Å². The molecule has 19 heavy (non-hydrogen) atoms. The third kappa shape index (κ3) is 2.83. The summed E-state index contributed by atoms with van der Waals surface area (Å²) in [6, 6.07) is 3.65. The van der Waals surface area contributed by atoms with E-state index in [1.165, 1.54) is 23.9 Å². The Labute approximate surface area is 125 Å². The molecule has 2 rings (SSSR count). The predicted octanol–water partition coefficient (Wildman–Crippen LogP) is 3.17. The third-order valence-electron chi connectivity index (χ3n) is 2.92. The summed E-state index contributed by atoms with van der Waals surface area (Å²) in [5.41, 5.74) is 0.385. The van der Waals surface area contributed by atoms with Crippen molar-refractivity contribution in [2.75, 3.05) is 11.2 Å². The summed E-state index contributed by atoms with van der Waals surface area (Å²) in [5.74, 6) is -0.287. The van der Waals surface area contributed by atoms with Crippen LogP contribution in [0.3, 0.4) is 0 Å². The molecule has 2 atom stereocenters. The lowest BCUT2D eigenvalue weighted by molar-refractivity contribution is -0.118. The molecule has 0 aromatic heterocycles. The molecule has 0 aliphatic carbocycles. The van der Waals surface area contributed by atoms with Gasteiger partial charge >= 0.3 is 6.03 Å². The van der Waals surface area contributed by atoms with Gasteiger partial charge in [-0.3, -0.25) is 4.79 Å². The first-order valence-corrected chi connectivity index (χ1v) is 7.61. The van der Waals surface area contributed by atoms with Crippen LogP contribution in [0.5, 0.6) is 0 Å². The van der Waals surface area contributed by atoms with E-state index in [1.54, 1.807) is 6.07 Å². The molecule has 1 aliphatic rings. The molecule has 4 nitrogen and oxygen atoms in total. The highest BCUT2D eigenvalue weighted by atomic mass is 35.5. The molecule has 0 saturated carbocycles. The van der Waals surface area contributed by atoms with Gasteiger partial charge in [0.15, 0.2) is 0 Å². The number of amides is 3. The summed E-state index contributed by atoms with van der Waals surface area (Å²) in [7, 11) is 0. The van der Waals surface area contributed by atoms with Crippen LogP contribution in [-0.2, 0) is 4.79 Å². The average Bonchev–Trinajstić information content (AvgIpc) is 2.62.